The predicted octanol–water partition coefficient (Wildman–Crippen LogP) is 0.267. The maximum atomic E-state index is 9.24. The molecule has 4 atom stereocenters. The number of hydrogen-bond donors (Lipinski definition) is 1. The van der Waals surface area contributed by atoms with E-state index in [1.54, 1.807) is 7.11 Å². The lowest BCUT2D eigenvalue weighted by molar-refractivity contribution is -0.0996. The molecule has 2 bridgehead atoms. The first-order valence-corrected chi connectivity index (χ1v) is 5.21. The van der Waals surface area contributed by atoms with E-state index in [1.165, 1.54) is 0 Å². The molecule has 0 saturated carbocycles. The lowest BCUT2D eigenvalue weighted by Gasteiger charge is -2.28. The average molecular weight is 190 g/mol. The summed E-state index contributed by atoms with van der Waals surface area (Å²) in [6, 6.07) is 0. The van der Waals surface area contributed by atoms with Crippen LogP contribution in [-0.4, -0.2) is 47.6 Å². The predicted molar refractivity (Wildman–Crippen MR) is 47.4 cm³/mol. The minimum atomic E-state index is -0.413. The van der Waals surface area contributed by atoms with Crippen LogP contribution in [0.5, 0.6) is 0 Å². The van der Waals surface area contributed by atoms with Crippen molar-refractivity contribution in [3.8, 4) is 0 Å². The molecular formula is C8H14O3S. The maximum absolute atomic E-state index is 9.24. The molecule has 2 fully saturated rings. The fourth-order valence-corrected chi connectivity index (χ4v) is 3.81. The van der Waals surface area contributed by atoms with Crippen molar-refractivity contribution in [3.05, 3.63) is 0 Å². The first kappa shape index (κ1) is 8.81. The van der Waals surface area contributed by atoms with Crippen LogP contribution >= 0.6 is 11.8 Å². The van der Waals surface area contributed by atoms with Gasteiger partial charge in [0.2, 0.25) is 0 Å². The summed E-state index contributed by atoms with van der Waals surface area (Å²) < 4.78 is 11.1. The molecule has 2 aliphatic rings. The lowest BCUT2D eigenvalue weighted by Crippen LogP contribution is -2.44. The van der Waals surface area contributed by atoms with Gasteiger partial charge in [-0.1, -0.05) is 0 Å². The van der Waals surface area contributed by atoms with Crippen LogP contribution in [0.25, 0.3) is 0 Å². The van der Waals surface area contributed by atoms with Crippen LogP contribution in [0.3, 0.4) is 0 Å². The average Bonchev–Trinajstić information content (AvgIpc) is 2.56. The van der Waals surface area contributed by atoms with E-state index < -0.39 is 5.60 Å². The second kappa shape index (κ2) is 2.87. The Morgan fingerprint density at radius 1 is 1.75 bits per heavy atom. The fraction of sp³-hybridized carbons (Fsp3) is 1.00. The zero-order valence-electron chi connectivity index (χ0n) is 7.32. The number of rotatable bonds is 2. The molecular weight excluding hydrogens is 176 g/mol. The highest BCUT2D eigenvalue weighted by Gasteiger charge is 2.59. The molecule has 0 aromatic carbocycles. The molecule has 0 amide bonds. The summed E-state index contributed by atoms with van der Waals surface area (Å²) in [6.45, 7) is 2.11. The second-order valence-electron chi connectivity index (χ2n) is 3.48. The topological polar surface area (TPSA) is 38.7 Å². The Labute approximate surface area is 76.4 Å². The Hall–Kier alpha value is 0.230. The third-order valence-corrected chi connectivity index (χ3v) is 4.41. The van der Waals surface area contributed by atoms with E-state index in [-0.39, 0.29) is 18.8 Å². The van der Waals surface area contributed by atoms with Gasteiger partial charge in [0.25, 0.3) is 0 Å². The van der Waals surface area contributed by atoms with Crippen LogP contribution in [0, 0.1) is 0 Å². The SMILES string of the molecule is COC1[C@H]2SC[C@@]1(CO)O[C@H]2C. The van der Waals surface area contributed by atoms with Crippen molar-refractivity contribution in [2.45, 2.75) is 30.0 Å². The lowest BCUT2D eigenvalue weighted by atomic mass is 10.00. The number of fused-ring (bicyclic) bond motifs is 2. The van der Waals surface area contributed by atoms with Crippen LogP contribution in [-0.2, 0) is 9.47 Å². The Morgan fingerprint density at radius 2 is 2.50 bits per heavy atom. The van der Waals surface area contributed by atoms with Gasteiger partial charge in [-0.2, -0.15) is 0 Å². The molecule has 3 nitrogen and oxygen atoms in total. The molecule has 0 aromatic rings. The number of hydrogen-bond acceptors (Lipinski definition) is 4. The van der Waals surface area contributed by atoms with E-state index in [0.29, 0.717) is 5.25 Å². The molecule has 4 heteroatoms. The minimum absolute atomic E-state index is 0.0688. The molecule has 0 aliphatic carbocycles. The molecule has 2 heterocycles. The van der Waals surface area contributed by atoms with E-state index in [2.05, 4.69) is 0 Å². The number of aliphatic hydroxyl groups is 1. The van der Waals surface area contributed by atoms with Gasteiger partial charge < -0.3 is 14.6 Å². The zero-order valence-corrected chi connectivity index (χ0v) is 8.13. The van der Waals surface area contributed by atoms with E-state index in [4.69, 9.17) is 9.47 Å². The molecule has 1 N–H and O–H groups in total. The first-order valence-electron chi connectivity index (χ1n) is 4.16. The Morgan fingerprint density at radius 3 is 2.92 bits per heavy atom. The van der Waals surface area contributed by atoms with E-state index in [9.17, 15) is 5.11 Å². The molecule has 0 radical (unpaired) electrons. The van der Waals surface area contributed by atoms with Gasteiger partial charge in [0.1, 0.15) is 11.7 Å². The van der Waals surface area contributed by atoms with E-state index in [1.807, 2.05) is 18.7 Å². The van der Waals surface area contributed by atoms with Gasteiger partial charge in [0.05, 0.1) is 18.0 Å². The maximum Gasteiger partial charge on any atom is 0.128 e. The van der Waals surface area contributed by atoms with Crippen LogP contribution in [0.2, 0.25) is 0 Å². The van der Waals surface area contributed by atoms with Gasteiger partial charge in [-0.15, -0.1) is 11.8 Å². The summed E-state index contributed by atoms with van der Waals surface area (Å²) in [7, 11) is 1.69. The van der Waals surface area contributed by atoms with Crippen LogP contribution in [0.15, 0.2) is 0 Å². The number of methoxy groups -OCH3 is 1. The fourth-order valence-electron chi connectivity index (χ4n) is 2.15. The van der Waals surface area contributed by atoms with Gasteiger partial charge in [0, 0.05) is 12.9 Å². The Balaban J connectivity index is 2.23. The molecule has 0 aromatic heterocycles. The third-order valence-electron chi connectivity index (χ3n) is 2.74. The molecule has 2 saturated heterocycles. The largest absolute Gasteiger partial charge is 0.393 e. The summed E-state index contributed by atoms with van der Waals surface area (Å²) in [5.41, 5.74) is -0.413. The standard InChI is InChI=1S/C8H14O3S/c1-5-6-7(10-2)8(3-9,11-5)4-12-6/h5-7,9H,3-4H2,1-2H3/t5-,6-,7?,8+/m0/s1. The Kier molecular flexibility index (Phi) is 2.11. The van der Waals surface area contributed by atoms with Crippen molar-refractivity contribution in [1.82, 2.24) is 0 Å². The highest BCUT2D eigenvalue weighted by Crippen LogP contribution is 2.48. The first-order chi connectivity index (χ1) is 5.73. The van der Waals surface area contributed by atoms with Gasteiger partial charge in [-0.25, -0.2) is 0 Å². The highest BCUT2D eigenvalue weighted by molar-refractivity contribution is 8.00. The molecule has 2 rings (SSSR count). The molecule has 12 heavy (non-hydrogen) atoms. The number of thioether (sulfide) groups is 1. The summed E-state index contributed by atoms with van der Waals surface area (Å²) in [4.78, 5) is 0. The zero-order chi connectivity index (χ0) is 8.77. The van der Waals surface area contributed by atoms with Gasteiger partial charge in [-0.05, 0) is 6.92 Å². The summed E-state index contributed by atoms with van der Waals surface area (Å²) in [5.74, 6) is 0.858. The number of ether oxygens (including phenoxy) is 2. The van der Waals surface area contributed by atoms with Gasteiger partial charge >= 0.3 is 0 Å². The van der Waals surface area contributed by atoms with E-state index >= 15 is 0 Å². The highest BCUT2D eigenvalue weighted by atomic mass is 32.2. The van der Waals surface area contributed by atoms with Crippen LogP contribution in [0.1, 0.15) is 6.92 Å². The summed E-state index contributed by atoms with van der Waals surface area (Å²) in [6.07, 6.45) is 0.281. The number of aliphatic hydroxyl groups excluding tert-OH is 1. The normalized spacial score (nSPS) is 51.8. The van der Waals surface area contributed by atoms with Crippen LogP contribution in [0.4, 0.5) is 0 Å². The summed E-state index contributed by atoms with van der Waals surface area (Å²) in [5, 5.41) is 9.65. The second-order valence-corrected chi connectivity index (χ2v) is 4.64. The van der Waals surface area contributed by atoms with Gasteiger partial charge in [0.15, 0.2) is 0 Å². The molecule has 2 aliphatic heterocycles. The Bertz CT molecular complexity index is 187. The van der Waals surface area contributed by atoms with Crippen LogP contribution < -0.4 is 0 Å². The quantitative estimate of drug-likeness (QED) is 0.678. The molecule has 0 spiro atoms. The van der Waals surface area contributed by atoms with Crippen molar-refractivity contribution in [2.75, 3.05) is 19.5 Å². The molecule has 1 unspecified atom stereocenters. The third kappa shape index (κ3) is 0.954. The summed E-state index contributed by atoms with van der Waals surface area (Å²) >= 11 is 1.85. The van der Waals surface area contributed by atoms with Crippen molar-refractivity contribution >= 4 is 11.8 Å². The van der Waals surface area contributed by atoms with Gasteiger partial charge in [-0.3, -0.25) is 0 Å². The van der Waals surface area contributed by atoms with Crippen molar-refractivity contribution < 1.29 is 14.6 Å². The smallest absolute Gasteiger partial charge is 0.128 e. The monoisotopic (exact) mass is 190 g/mol. The van der Waals surface area contributed by atoms with Crippen molar-refractivity contribution in [1.29, 1.82) is 0 Å². The molecule has 70 valence electrons. The van der Waals surface area contributed by atoms with Crippen molar-refractivity contribution in [3.63, 3.8) is 0 Å². The minimum Gasteiger partial charge on any atom is -0.393 e. The van der Waals surface area contributed by atoms with E-state index in [0.717, 1.165) is 5.75 Å². The van der Waals surface area contributed by atoms with Crippen molar-refractivity contribution in [2.24, 2.45) is 0 Å².